The average Bonchev–Trinajstić information content (AvgIpc) is 2.71. The van der Waals surface area contributed by atoms with Gasteiger partial charge in [-0.3, -0.25) is 4.79 Å². The van der Waals surface area contributed by atoms with Crippen LogP contribution in [0.4, 0.5) is 0 Å². The van der Waals surface area contributed by atoms with E-state index in [1.165, 1.54) is 0 Å². The van der Waals surface area contributed by atoms with E-state index in [1.807, 2.05) is 6.92 Å². The predicted molar refractivity (Wildman–Crippen MR) is 44.0 cm³/mol. The van der Waals surface area contributed by atoms with Gasteiger partial charge in [-0.25, -0.2) is 0 Å². The van der Waals surface area contributed by atoms with E-state index in [9.17, 15) is 4.79 Å². The second-order valence-electron chi connectivity index (χ2n) is 3.41. The summed E-state index contributed by atoms with van der Waals surface area (Å²) in [6.45, 7) is 3.27. The highest BCUT2D eigenvalue weighted by Gasteiger charge is 2.41. The molecule has 0 aromatic carbocycles. The Morgan fingerprint density at radius 1 is 1.38 bits per heavy atom. The molecule has 0 aromatic rings. The lowest BCUT2D eigenvalue weighted by atomic mass is 9.99. The number of hydrogen-bond donors (Lipinski definition) is 0. The fourth-order valence-corrected chi connectivity index (χ4v) is 1.91. The fraction of sp³-hybridized carbons (Fsp3) is 0.889. The second kappa shape index (κ2) is 3.64. The van der Waals surface area contributed by atoms with Crippen molar-refractivity contribution in [2.75, 3.05) is 13.2 Å². The summed E-state index contributed by atoms with van der Waals surface area (Å²) < 4.78 is 15.9. The Labute approximate surface area is 77.1 Å². The first-order valence-electron chi connectivity index (χ1n) is 4.74. The van der Waals surface area contributed by atoms with E-state index >= 15 is 0 Å². The molecule has 4 nitrogen and oxygen atoms in total. The topological polar surface area (TPSA) is 44.8 Å². The molecule has 2 heterocycles. The molecule has 2 fully saturated rings. The molecule has 2 aliphatic rings. The van der Waals surface area contributed by atoms with E-state index in [0.29, 0.717) is 19.6 Å². The van der Waals surface area contributed by atoms with Crippen molar-refractivity contribution in [3.63, 3.8) is 0 Å². The Morgan fingerprint density at radius 3 is 2.69 bits per heavy atom. The van der Waals surface area contributed by atoms with Gasteiger partial charge in [-0.05, 0) is 6.42 Å². The first-order valence-corrected chi connectivity index (χ1v) is 4.74. The van der Waals surface area contributed by atoms with Gasteiger partial charge in [-0.2, -0.15) is 0 Å². The van der Waals surface area contributed by atoms with Crippen LogP contribution in [-0.2, 0) is 19.0 Å². The molecular formula is C9H14O4. The lowest BCUT2D eigenvalue weighted by Crippen LogP contribution is -2.28. The summed E-state index contributed by atoms with van der Waals surface area (Å²) in [5.41, 5.74) is 0. The van der Waals surface area contributed by atoms with Crippen molar-refractivity contribution in [1.82, 2.24) is 0 Å². The maximum atomic E-state index is 11.0. The number of carbonyl (C=O) groups excluding carboxylic acids is 1. The molecule has 0 bridgehead atoms. The number of rotatable bonds is 2. The lowest BCUT2D eigenvalue weighted by molar-refractivity contribution is -0.142. The van der Waals surface area contributed by atoms with Gasteiger partial charge in [-0.15, -0.1) is 0 Å². The Morgan fingerprint density at radius 2 is 2.08 bits per heavy atom. The van der Waals surface area contributed by atoms with Crippen LogP contribution in [0.15, 0.2) is 0 Å². The molecule has 0 spiro atoms. The first-order chi connectivity index (χ1) is 6.31. The summed E-state index contributed by atoms with van der Waals surface area (Å²) in [4.78, 5) is 11.0. The molecule has 0 radical (unpaired) electrons. The van der Waals surface area contributed by atoms with Gasteiger partial charge in [0.1, 0.15) is 6.10 Å². The van der Waals surface area contributed by atoms with Crippen LogP contribution in [0.5, 0.6) is 0 Å². The Hall–Kier alpha value is -0.610. The van der Waals surface area contributed by atoms with Gasteiger partial charge in [-0.1, -0.05) is 6.92 Å². The quantitative estimate of drug-likeness (QED) is 0.595. The zero-order chi connectivity index (χ0) is 9.26. The van der Waals surface area contributed by atoms with Crippen molar-refractivity contribution < 1.29 is 19.0 Å². The third kappa shape index (κ3) is 1.69. The van der Waals surface area contributed by atoms with E-state index in [4.69, 9.17) is 14.2 Å². The molecule has 2 unspecified atom stereocenters. The van der Waals surface area contributed by atoms with Crippen LogP contribution in [-0.4, -0.2) is 31.6 Å². The van der Waals surface area contributed by atoms with Gasteiger partial charge in [0, 0.05) is 0 Å². The number of hydrogen-bond acceptors (Lipinski definition) is 4. The first kappa shape index (κ1) is 8.97. The maximum absolute atomic E-state index is 11.0. The van der Waals surface area contributed by atoms with Crippen LogP contribution in [0.1, 0.15) is 19.8 Å². The minimum atomic E-state index is -0.226. The highest BCUT2D eigenvalue weighted by molar-refractivity contribution is 5.72. The Bertz CT molecular complexity index is 198. The summed E-state index contributed by atoms with van der Waals surface area (Å²) >= 11 is 0. The van der Waals surface area contributed by atoms with Crippen molar-refractivity contribution in [2.45, 2.75) is 32.2 Å². The normalized spacial score (nSPS) is 35.3. The van der Waals surface area contributed by atoms with Gasteiger partial charge in [0.25, 0.3) is 0 Å². The van der Waals surface area contributed by atoms with Crippen LogP contribution < -0.4 is 0 Å². The molecule has 4 heteroatoms. The van der Waals surface area contributed by atoms with Gasteiger partial charge in [0.15, 0.2) is 6.29 Å². The van der Waals surface area contributed by atoms with Crippen LogP contribution in [0.3, 0.4) is 0 Å². The van der Waals surface area contributed by atoms with E-state index in [1.54, 1.807) is 0 Å². The summed E-state index contributed by atoms with van der Waals surface area (Å²) in [5, 5.41) is 0. The molecule has 0 aromatic heterocycles. The minimum absolute atomic E-state index is 0.0180. The van der Waals surface area contributed by atoms with Crippen LogP contribution >= 0.6 is 0 Å². The highest BCUT2D eigenvalue weighted by Crippen LogP contribution is 2.31. The van der Waals surface area contributed by atoms with E-state index in [0.717, 1.165) is 6.42 Å². The molecule has 2 saturated heterocycles. The molecule has 2 atom stereocenters. The van der Waals surface area contributed by atoms with Crippen molar-refractivity contribution in [2.24, 2.45) is 5.92 Å². The molecule has 0 saturated carbocycles. The van der Waals surface area contributed by atoms with Crippen LogP contribution in [0.25, 0.3) is 0 Å². The molecule has 2 aliphatic heterocycles. The summed E-state index contributed by atoms with van der Waals surface area (Å²) in [6, 6.07) is 0. The van der Waals surface area contributed by atoms with E-state index in [2.05, 4.69) is 0 Å². The highest BCUT2D eigenvalue weighted by atomic mass is 16.7. The number of cyclic esters (lactones) is 1. The SMILES string of the molecule is CCC1OC(=O)CC1C1OCCO1. The van der Waals surface area contributed by atoms with Crippen LogP contribution in [0, 0.1) is 5.92 Å². The standard InChI is InChI=1S/C9H14O4/c1-2-7-6(5-8(10)13-7)9-11-3-4-12-9/h6-7,9H,2-5H2,1H3. The lowest BCUT2D eigenvalue weighted by Gasteiger charge is -2.20. The van der Waals surface area contributed by atoms with E-state index in [-0.39, 0.29) is 24.3 Å². The zero-order valence-electron chi connectivity index (χ0n) is 7.69. The monoisotopic (exact) mass is 186 g/mol. The van der Waals surface area contributed by atoms with Gasteiger partial charge >= 0.3 is 5.97 Å². The smallest absolute Gasteiger partial charge is 0.306 e. The maximum Gasteiger partial charge on any atom is 0.306 e. The molecule has 0 aliphatic carbocycles. The van der Waals surface area contributed by atoms with Crippen molar-refractivity contribution in [3.8, 4) is 0 Å². The van der Waals surface area contributed by atoms with Crippen molar-refractivity contribution >= 4 is 5.97 Å². The minimum Gasteiger partial charge on any atom is -0.462 e. The van der Waals surface area contributed by atoms with E-state index < -0.39 is 0 Å². The molecule has 74 valence electrons. The Balaban J connectivity index is 1.99. The average molecular weight is 186 g/mol. The zero-order valence-corrected chi connectivity index (χ0v) is 7.69. The number of carbonyl (C=O) groups is 1. The number of esters is 1. The van der Waals surface area contributed by atoms with Crippen molar-refractivity contribution in [3.05, 3.63) is 0 Å². The molecule has 0 amide bonds. The summed E-state index contributed by atoms with van der Waals surface area (Å²) in [7, 11) is 0. The third-order valence-electron chi connectivity index (χ3n) is 2.56. The van der Waals surface area contributed by atoms with Gasteiger partial charge in [0.2, 0.25) is 0 Å². The molecular weight excluding hydrogens is 172 g/mol. The van der Waals surface area contributed by atoms with Crippen molar-refractivity contribution in [1.29, 1.82) is 0 Å². The van der Waals surface area contributed by atoms with Gasteiger partial charge in [0.05, 0.1) is 25.6 Å². The Kier molecular flexibility index (Phi) is 2.51. The molecule has 0 N–H and O–H groups in total. The van der Waals surface area contributed by atoms with Gasteiger partial charge < -0.3 is 14.2 Å². The predicted octanol–water partition coefficient (Wildman–Crippen LogP) is 0.701. The van der Waals surface area contributed by atoms with Crippen LogP contribution in [0.2, 0.25) is 0 Å². The number of ether oxygens (including phenoxy) is 3. The summed E-state index contributed by atoms with van der Waals surface area (Å²) in [6.07, 6.45) is 1.02. The second-order valence-corrected chi connectivity index (χ2v) is 3.41. The fourth-order valence-electron chi connectivity index (χ4n) is 1.91. The summed E-state index contributed by atoms with van der Waals surface area (Å²) in [5.74, 6) is -0.0315. The largest absolute Gasteiger partial charge is 0.462 e. The third-order valence-corrected chi connectivity index (χ3v) is 2.56. The molecule has 2 rings (SSSR count). The molecule has 13 heavy (non-hydrogen) atoms.